The number of carbonyl (C=O) groups excluding carboxylic acids is 1. The molecule has 2 aliphatic rings. The fourth-order valence-electron chi connectivity index (χ4n) is 2.13. The Morgan fingerprint density at radius 2 is 2.20 bits per heavy atom. The fourth-order valence-corrected chi connectivity index (χ4v) is 2.13. The molecular formula is C11H16O4. The van der Waals surface area contributed by atoms with Crippen LogP contribution in [0, 0.1) is 0 Å². The van der Waals surface area contributed by atoms with Crippen LogP contribution in [0.25, 0.3) is 0 Å². The Kier molecular flexibility index (Phi) is 3.07. The van der Waals surface area contributed by atoms with Crippen LogP contribution in [0.2, 0.25) is 0 Å². The normalized spacial score (nSPS) is 24.7. The van der Waals surface area contributed by atoms with Gasteiger partial charge in [-0.05, 0) is 12.8 Å². The van der Waals surface area contributed by atoms with Gasteiger partial charge in [-0.2, -0.15) is 0 Å². The lowest BCUT2D eigenvalue weighted by Gasteiger charge is -2.26. The summed E-state index contributed by atoms with van der Waals surface area (Å²) >= 11 is 0. The summed E-state index contributed by atoms with van der Waals surface area (Å²) in [5.74, 6) is -0.827. The predicted octanol–water partition coefficient (Wildman–Crippen LogP) is 1.40. The summed E-state index contributed by atoms with van der Waals surface area (Å²) in [6.07, 6.45) is 5.18. The number of methoxy groups -OCH3 is 1. The van der Waals surface area contributed by atoms with Crippen LogP contribution in [0.5, 0.6) is 0 Å². The van der Waals surface area contributed by atoms with E-state index in [0.29, 0.717) is 25.2 Å². The molecule has 0 amide bonds. The molecule has 0 radical (unpaired) electrons. The summed E-state index contributed by atoms with van der Waals surface area (Å²) in [4.78, 5) is 11.5. The highest BCUT2D eigenvalue weighted by molar-refractivity contribution is 5.88. The van der Waals surface area contributed by atoms with Gasteiger partial charge in [0.1, 0.15) is 0 Å². The molecule has 0 N–H and O–H groups in total. The quantitative estimate of drug-likeness (QED) is 0.616. The Morgan fingerprint density at radius 1 is 1.47 bits per heavy atom. The van der Waals surface area contributed by atoms with Crippen LogP contribution < -0.4 is 0 Å². The van der Waals surface area contributed by atoms with Crippen molar-refractivity contribution in [2.45, 2.75) is 31.5 Å². The number of rotatable bonds is 1. The zero-order chi connectivity index (χ0) is 10.7. The highest BCUT2D eigenvalue weighted by Gasteiger charge is 2.39. The average molecular weight is 212 g/mol. The van der Waals surface area contributed by atoms with Crippen molar-refractivity contribution in [2.75, 3.05) is 20.3 Å². The summed E-state index contributed by atoms with van der Waals surface area (Å²) in [7, 11) is 1.40. The summed E-state index contributed by atoms with van der Waals surface area (Å²) < 4.78 is 16.0. The summed E-state index contributed by atoms with van der Waals surface area (Å²) in [6, 6.07) is 0. The molecule has 0 bridgehead atoms. The monoisotopic (exact) mass is 212 g/mol. The zero-order valence-electron chi connectivity index (χ0n) is 8.95. The van der Waals surface area contributed by atoms with Crippen LogP contribution >= 0.6 is 0 Å². The molecule has 1 spiro atoms. The molecule has 4 nitrogen and oxygen atoms in total. The van der Waals surface area contributed by atoms with Crippen molar-refractivity contribution in [3.8, 4) is 0 Å². The minimum Gasteiger partial charge on any atom is -0.466 e. The minimum atomic E-state index is -0.559. The third kappa shape index (κ3) is 2.21. The van der Waals surface area contributed by atoms with Gasteiger partial charge in [-0.1, -0.05) is 6.08 Å². The van der Waals surface area contributed by atoms with E-state index in [4.69, 9.17) is 14.2 Å². The molecule has 0 aromatic heterocycles. The second-order valence-electron chi connectivity index (χ2n) is 3.90. The van der Waals surface area contributed by atoms with Crippen LogP contribution in [-0.4, -0.2) is 32.1 Å². The first kappa shape index (κ1) is 10.6. The molecule has 1 fully saturated rings. The van der Waals surface area contributed by atoms with Gasteiger partial charge in [0.25, 0.3) is 0 Å². The van der Waals surface area contributed by atoms with Gasteiger partial charge in [-0.25, -0.2) is 4.79 Å². The number of ether oxygens (including phenoxy) is 3. The number of hydrogen-bond donors (Lipinski definition) is 0. The lowest BCUT2D eigenvalue weighted by atomic mass is 10.0. The van der Waals surface area contributed by atoms with Gasteiger partial charge in [0.05, 0.1) is 20.3 Å². The van der Waals surface area contributed by atoms with Crippen LogP contribution in [0.15, 0.2) is 11.6 Å². The third-order valence-corrected chi connectivity index (χ3v) is 2.87. The summed E-state index contributed by atoms with van der Waals surface area (Å²) in [5.41, 5.74) is 0.678. The predicted molar refractivity (Wildman–Crippen MR) is 53.2 cm³/mol. The van der Waals surface area contributed by atoms with E-state index in [0.717, 1.165) is 19.3 Å². The molecular weight excluding hydrogens is 196 g/mol. The van der Waals surface area contributed by atoms with E-state index in [1.54, 1.807) is 0 Å². The SMILES string of the molecule is COC(=O)C1=CCCCC2(C1)OCCO2. The molecule has 0 atom stereocenters. The zero-order valence-corrected chi connectivity index (χ0v) is 8.95. The van der Waals surface area contributed by atoms with E-state index in [9.17, 15) is 4.79 Å². The van der Waals surface area contributed by atoms with E-state index in [1.165, 1.54) is 7.11 Å². The molecule has 4 heteroatoms. The van der Waals surface area contributed by atoms with Gasteiger partial charge in [0, 0.05) is 18.4 Å². The molecule has 1 aliphatic carbocycles. The second-order valence-corrected chi connectivity index (χ2v) is 3.90. The van der Waals surface area contributed by atoms with E-state index in [1.807, 2.05) is 6.08 Å². The molecule has 0 unspecified atom stereocenters. The topological polar surface area (TPSA) is 44.8 Å². The molecule has 1 aliphatic heterocycles. The van der Waals surface area contributed by atoms with Crippen molar-refractivity contribution < 1.29 is 19.0 Å². The number of carbonyl (C=O) groups is 1. The van der Waals surface area contributed by atoms with Crippen molar-refractivity contribution in [3.63, 3.8) is 0 Å². The number of allylic oxidation sites excluding steroid dienone is 1. The largest absolute Gasteiger partial charge is 0.466 e. The fraction of sp³-hybridized carbons (Fsp3) is 0.727. The van der Waals surface area contributed by atoms with Gasteiger partial charge in [-0.3, -0.25) is 0 Å². The Labute approximate surface area is 89.2 Å². The van der Waals surface area contributed by atoms with Crippen molar-refractivity contribution in [1.82, 2.24) is 0 Å². The van der Waals surface area contributed by atoms with E-state index in [2.05, 4.69) is 0 Å². The maximum Gasteiger partial charge on any atom is 0.333 e. The maximum atomic E-state index is 11.5. The van der Waals surface area contributed by atoms with E-state index < -0.39 is 5.79 Å². The Hall–Kier alpha value is -0.870. The van der Waals surface area contributed by atoms with Crippen LogP contribution in [-0.2, 0) is 19.0 Å². The van der Waals surface area contributed by atoms with Gasteiger partial charge in [0.2, 0.25) is 0 Å². The maximum absolute atomic E-state index is 11.5. The highest BCUT2D eigenvalue weighted by Crippen LogP contribution is 2.35. The molecule has 84 valence electrons. The first-order valence-corrected chi connectivity index (χ1v) is 5.31. The number of hydrogen-bond acceptors (Lipinski definition) is 4. The van der Waals surface area contributed by atoms with Gasteiger partial charge in [0.15, 0.2) is 5.79 Å². The first-order chi connectivity index (χ1) is 7.26. The summed E-state index contributed by atoms with van der Waals surface area (Å²) in [5, 5.41) is 0. The standard InChI is InChI=1S/C11H16O4/c1-13-10(12)9-4-2-3-5-11(8-9)14-6-7-15-11/h4H,2-3,5-8H2,1H3. The van der Waals surface area contributed by atoms with Gasteiger partial charge in [-0.15, -0.1) is 0 Å². The first-order valence-electron chi connectivity index (χ1n) is 5.31. The van der Waals surface area contributed by atoms with E-state index >= 15 is 0 Å². The van der Waals surface area contributed by atoms with Crippen molar-refractivity contribution >= 4 is 5.97 Å². The Morgan fingerprint density at radius 3 is 2.87 bits per heavy atom. The molecule has 2 rings (SSSR count). The molecule has 1 saturated heterocycles. The molecule has 0 saturated carbocycles. The lowest BCUT2D eigenvalue weighted by Crippen LogP contribution is -2.31. The Balaban J connectivity index is 2.12. The van der Waals surface area contributed by atoms with Crippen molar-refractivity contribution in [2.24, 2.45) is 0 Å². The van der Waals surface area contributed by atoms with Gasteiger partial charge >= 0.3 is 5.97 Å². The third-order valence-electron chi connectivity index (χ3n) is 2.87. The van der Waals surface area contributed by atoms with Crippen LogP contribution in [0.3, 0.4) is 0 Å². The minimum absolute atomic E-state index is 0.268. The molecule has 15 heavy (non-hydrogen) atoms. The second kappa shape index (κ2) is 4.33. The van der Waals surface area contributed by atoms with E-state index in [-0.39, 0.29) is 5.97 Å². The average Bonchev–Trinajstić information content (AvgIpc) is 2.59. The Bertz CT molecular complexity index is 276. The number of esters is 1. The van der Waals surface area contributed by atoms with Crippen molar-refractivity contribution in [1.29, 1.82) is 0 Å². The molecule has 0 aromatic rings. The highest BCUT2D eigenvalue weighted by atomic mass is 16.7. The lowest BCUT2D eigenvalue weighted by molar-refractivity contribution is -0.164. The molecule has 1 heterocycles. The van der Waals surface area contributed by atoms with Crippen molar-refractivity contribution in [3.05, 3.63) is 11.6 Å². The summed E-state index contributed by atoms with van der Waals surface area (Å²) in [6.45, 7) is 1.24. The van der Waals surface area contributed by atoms with Gasteiger partial charge < -0.3 is 14.2 Å². The smallest absolute Gasteiger partial charge is 0.333 e. The van der Waals surface area contributed by atoms with Crippen LogP contribution in [0.1, 0.15) is 25.7 Å². The van der Waals surface area contributed by atoms with Crippen LogP contribution in [0.4, 0.5) is 0 Å². The molecule has 0 aromatic carbocycles.